The Morgan fingerprint density at radius 3 is 2.57 bits per heavy atom. The molecular formula is C4H8ClHgO+. The molecule has 0 aromatic heterocycles. The van der Waals surface area contributed by atoms with Crippen LogP contribution in [0.3, 0.4) is 0 Å². The van der Waals surface area contributed by atoms with Gasteiger partial charge in [-0.15, -0.1) is 0 Å². The van der Waals surface area contributed by atoms with Crippen LogP contribution >= 0.6 is 11.6 Å². The summed E-state index contributed by atoms with van der Waals surface area (Å²) in [5.41, 5.74) is 0. The summed E-state index contributed by atoms with van der Waals surface area (Å²) in [6.07, 6.45) is 1.12. The molecule has 0 saturated carbocycles. The van der Waals surface area contributed by atoms with E-state index in [4.69, 9.17) is 16.3 Å². The Labute approximate surface area is 65.3 Å². The second-order valence-electron chi connectivity index (χ2n) is 1.31. The predicted molar refractivity (Wildman–Crippen MR) is 25.9 cm³/mol. The van der Waals surface area contributed by atoms with Gasteiger partial charge < -0.3 is 0 Å². The molecule has 0 rings (SSSR count). The Morgan fingerprint density at radius 2 is 2.43 bits per heavy atom. The quantitative estimate of drug-likeness (QED) is 0.567. The van der Waals surface area contributed by atoms with Crippen molar-refractivity contribution in [1.82, 2.24) is 0 Å². The van der Waals surface area contributed by atoms with Gasteiger partial charge in [0.1, 0.15) is 0 Å². The van der Waals surface area contributed by atoms with Crippen molar-refractivity contribution in [2.45, 2.75) is 17.0 Å². The molecule has 1 unspecified atom stereocenters. The zero-order chi connectivity index (χ0) is 5.70. The fourth-order valence-electron chi connectivity index (χ4n) is 0.207. The van der Waals surface area contributed by atoms with Crippen LogP contribution in [0, 0.1) is 0 Å². The molecule has 0 aromatic carbocycles. The van der Waals surface area contributed by atoms with E-state index in [-0.39, 0.29) is 0 Å². The van der Waals surface area contributed by atoms with Crippen LogP contribution in [0.25, 0.3) is 0 Å². The SMILES string of the molecule is CC[CH]([Hg+])OCCl. The molecule has 0 aromatic rings. The van der Waals surface area contributed by atoms with E-state index in [9.17, 15) is 0 Å². The third kappa shape index (κ3) is 5.05. The van der Waals surface area contributed by atoms with Gasteiger partial charge in [0.25, 0.3) is 0 Å². The monoisotopic (exact) mass is 309 g/mol. The molecule has 0 heterocycles. The van der Waals surface area contributed by atoms with E-state index in [1.807, 2.05) is 0 Å². The van der Waals surface area contributed by atoms with Crippen molar-refractivity contribution in [3.8, 4) is 0 Å². The van der Waals surface area contributed by atoms with Crippen molar-refractivity contribution < 1.29 is 30.9 Å². The van der Waals surface area contributed by atoms with Crippen molar-refractivity contribution in [1.29, 1.82) is 0 Å². The normalized spacial score (nSPS) is 14.3. The average molecular weight is 308 g/mol. The first-order valence-corrected chi connectivity index (χ1v) is 6.02. The van der Waals surface area contributed by atoms with Gasteiger partial charge in [0.15, 0.2) is 0 Å². The number of halogens is 1. The third-order valence-corrected chi connectivity index (χ3v) is 4.04. The van der Waals surface area contributed by atoms with Gasteiger partial charge in [0, 0.05) is 0 Å². The average Bonchev–Trinajstić information content (AvgIpc) is 1.68. The zero-order valence-corrected chi connectivity index (χ0v) is 10.7. The van der Waals surface area contributed by atoms with Crippen LogP contribution in [0.2, 0.25) is 0 Å². The molecule has 0 saturated heterocycles. The van der Waals surface area contributed by atoms with E-state index in [2.05, 4.69) is 6.92 Å². The Hall–Kier alpha value is 1.19. The van der Waals surface area contributed by atoms with Gasteiger partial charge in [-0.05, 0) is 0 Å². The predicted octanol–water partition coefficient (Wildman–Crippen LogP) is 1.48. The molecule has 0 aliphatic carbocycles. The van der Waals surface area contributed by atoms with Crippen LogP contribution in [-0.4, -0.2) is 9.68 Å². The fraction of sp³-hybridized carbons (Fsp3) is 1.00. The summed E-state index contributed by atoms with van der Waals surface area (Å²) in [7, 11) is 0. The summed E-state index contributed by atoms with van der Waals surface area (Å²) in [5, 5.41) is 0. The van der Waals surface area contributed by atoms with Crippen LogP contribution in [-0.2, 0) is 30.9 Å². The molecule has 0 fully saturated rings. The van der Waals surface area contributed by atoms with Crippen molar-refractivity contribution in [2.24, 2.45) is 0 Å². The van der Waals surface area contributed by atoms with Crippen LogP contribution in [0.15, 0.2) is 0 Å². The molecule has 0 aliphatic rings. The Kier molecular flexibility index (Phi) is 6.23. The number of hydrogen-bond acceptors (Lipinski definition) is 1. The van der Waals surface area contributed by atoms with E-state index in [0.717, 1.165) is 32.5 Å². The second-order valence-corrected chi connectivity index (χ2v) is 5.06. The fourth-order valence-corrected chi connectivity index (χ4v) is 1.42. The minimum atomic E-state index is 0.363. The summed E-state index contributed by atoms with van der Waals surface area (Å²) >= 11 is 6.01. The zero-order valence-electron chi connectivity index (χ0n) is 4.48. The summed E-state index contributed by atoms with van der Waals surface area (Å²) < 4.78 is 5.55. The van der Waals surface area contributed by atoms with Crippen LogP contribution in [0.4, 0.5) is 0 Å². The standard InChI is InChI=1S/C4H8ClO.Hg/c1-2-3-6-4-5;/h3H,2,4H2,1H3;/q;+1. The number of ether oxygens (including phenoxy) is 1. The van der Waals surface area contributed by atoms with E-state index in [1.165, 1.54) is 0 Å². The van der Waals surface area contributed by atoms with Crippen molar-refractivity contribution >= 4 is 11.6 Å². The van der Waals surface area contributed by atoms with Gasteiger partial charge in [-0.2, -0.15) is 0 Å². The molecule has 38 valence electrons. The van der Waals surface area contributed by atoms with Gasteiger partial charge in [0.2, 0.25) is 0 Å². The van der Waals surface area contributed by atoms with Gasteiger partial charge in [-0.3, -0.25) is 0 Å². The summed E-state index contributed by atoms with van der Waals surface area (Å²) in [6.45, 7) is 2.12. The third-order valence-electron chi connectivity index (χ3n) is 0.754. The Morgan fingerprint density at radius 1 is 1.86 bits per heavy atom. The van der Waals surface area contributed by atoms with Gasteiger partial charge >= 0.3 is 65.5 Å². The van der Waals surface area contributed by atoms with Crippen LogP contribution < -0.4 is 0 Å². The first kappa shape index (κ1) is 8.19. The minimum absolute atomic E-state index is 0.363. The summed E-state index contributed by atoms with van der Waals surface area (Å²) in [6, 6.07) is 0.363. The molecule has 1 atom stereocenters. The first-order valence-electron chi connectivity index (χ1n) is 2.32. The van der Waals surface area contributed by atoms with E-state index < -0.39 is 0 Å². The topological polar surface area (TPSA) is 9.23 Å². The molecule has 0 aliphatic heterocycles. The summed E-state index contributed by atoms with van der Waals surface area (Å²) in [5.74, 6) is 0. The molecule has 7 heavy (non-hydrogen) atoms. The van der Waals surface area contributed by atoms with E-state index in [0.29, 0.717) is 9.68 Å². The van der Waals surface area contributed by atoms with E-state index >= 15 is 0 Å². The van der Waals surface area contributed by atoms with E-state index in [1.54, 1.807) is 0 Å². The molecular weight excluding hydrogens is 300 g/mol. The van der Waals surface area contributed by atoms with Crippen LogP contribution in [0.1, 0.15) is 13.3 Å². The first-order chi connectivity index (χ1) is 3.31. The van der Waals surface area contributed by atoms with Gasteiger partial charge in [-0.1, -0.05) is 0 Å². The van der Waals surface area contributed by atoms with Crippen molar-refractivity contribution in [3.05, 3.63) is 0 Å². The molecule has 1 nitrogen and oxygen atoms in total. The number of rotatable bonds is 3. The molecule has 0 bridgehead atoms. The molecule has 0 spiro atoms. The number of hydrogen-bond donors (Lipinski definition) is 0. The van der Waals surface area contributed by atoms with Gasteiger partial charge in [0.05, 0.1) is 0 Å². The molecule has 0 N–H and O–H groups in total. The molecule has 3 heteroatoms. The van der Waals surface area contributed by atoms with Crippen molar-refractivity contribution in [3.63, 3.8) is 0 Å². The molecule has 0 radical (unpaired) electrons. The second kappa shape index (κ2) is 5.32. The Balaban J connectivity index is 2.83. The van der Waals surface area contributed by atoms with Gasteiger partial charge in [-0.25, -0.2) is 0 Å². The Bertz CT molecular complexity index is 42.7. The molecule has 0 amide bonds. The number of alkyl halides is 1. The van der Waals surface area contributed by atoms with Crippen LogP contribution in [0.5, 0.6) is 0 Å². The maximum absolute atomic E-state index is 5.28. The summed E-state index contributed by atoms with van der Waals surface area (Å²) in [4.78, 5) is 0. The maximum atomic E-state index is 5.28. The van der Waals surface area contributed by atoms with Crippen molar-refractivity contribution in [2.75, 3.05) is 6.07 Å².